The Morgan fingerprint density at radius 2 is 1.74 bits per heavy atom. The molecule has 0 radical (unpaired) electrons. The molecule has 0 spiro atoms. The number of carboxylic acid groups (broad SMARTS) is 1. The molecule has 0 aliphatic rings. The summed E-state index contributed by atoms with van der Waals surface area (Å²) in [6, 6.07) is 6.03. The molecular formula is C20H14F4N2O5. The van der Waals surface area contributed by atoms with Crippen LogP contribution in [0.2, 0.25) is 0 Å². The summed E-state index contributed by atoms with van der Waals surface area (Å²) in [6.45, 7) is -0.807. The van der Waals surface area contributed by atoms with Crippen LogP contribution in [0.1, 0.15) is 27.0 Å². The molecule has 3 rings (SSSR count). The third kappa shape index (κ3) is 4.65. The summed E-state index contributed by atoms with van der Waals surface area (Å²) in [7, 11) is 0. The van der Waals surface area contributed by atoms with Crippen LogP contribution in [-0.2, 0) is 17.4 Å². The number of carboxylic acids is 1. The van der Waals surface area contributed by atoms with Gasteiger partial charge in [0.15, 0.2) is 0 Å². The van der Waals surface area contributed by atoms with E-state index in [9.17, 15) is 37.1 Å². The topological polar surface area (TPSA) is 119 Å². The van der Waals surface area contributed by atoms with E-state index in [-0.39, 0.29) is 22.9 Å². The molecule has 162 valence electrons. The Kier molecular flexibility index (Phi) is 5.69. The van der Waals surface area contributed by atoms with Crippen LogP contribution in [0, 0.1) is 5.82 Å². The summed E-state index contributed by atoms with van der Waals surface area (Å²) >= 11 is 0. The minimum absolute atomic E-state index is 0.0152. The molecule has 1 amide bonds. The van der Waals surface area contributed by atoms with E-state index in [0.29, 0.717) is 5.56 Å². The Bertz CT molecular complexity index is 1230. The average molecular weight is 438 g/mol. The molecule has 0 bridgehead atoms. The zero-order chi connectivity index (χ0) is 22.9. The number of alkyl halides is 3. The van der Waals surface area contributed by atoms with Crippen LogP contribution in [0.25, 0.3) is 10.9 Å². The van der Waals surface area contributed by atoms with Crippen molar-refractivity contribution in [1.82, 2.24) is 10.3 Å². The van der Waals surface area contributed by atoms with E-state index in [1.807, 2.05) is 5.32 Å². The van der Waals surface area contributed by atoms with Crippen molar-refractivity contribution < 1.29 is 37.4 Å². The molecule has 0 unspecified atom stereocenters. The molecule has 0 atom stereocenters. The minimum atomic E-state index is -4.52. The first-order valence-corrected chi connectivity index (χ1v) is 8.71. The molecule has 0 saturated carbocycles. The van der Waals surface area contributed by atoms with Crippen molar-refractivity contribution in [3.63, 3.8) is 0 Å². The van der Waals surface area contributed by atoms with Crippen molar-refractivity contribution in [3.8, 4) is 5.75 Å². The fraction of sp³-hybridized carbons (Fsp3) is 0.150. The van der Waals surface area contributed by atoms with E-state index in [2.05, 4.69) is 4.98 Å². The number of carbonyl (C=O) groups excluding carboxylic acids is 1. The van der Waals surface area contributed by atoms with Crippen LogP contribution in [0.4, 0.5) is 17.6 Å². The maximum Gasteiger partial charge on any atom is 0.416 e. The molecule has 0 aliphatic carbocycles. The minimum Gasteiger partial charge on any atom is -0.506 e. The molecule has 0 fully saturated rings. The second-order valence-electron chi connectivity index (χ2n) is 6.61. The van der Waals surface area contributed by atoms with Gasteiger partial charge in [0.2, 0.25) is 0 Å². The van der Waals surface area contributed by atoms with Crippen LogP contribution in [-0.4, -0.2) is 33.6 Å². The molecule has 31 heavy (non-hydrogen) atoms. The molecule has 7 nitrogen and oxygen atoms in total. The van der Waals surface area contributed by atoms with Crippen molar-refractivity contribution in [3.05, 3.63) is 74.8 Å². The van der Waals surface area contributed by atoms with Gasteiger partial charge in [-0.1, -0.05) is 12.1 Å². The molecule has 11 heteroatoms. The third-order valence-electron chi connectivity index (χ3n) is 4.45. The van der Waals surface area contributed by atoms with Gasteiger partial charge in [0.1, 0.15) is 23.7 Å². The number of aliphatic carboxylic acids is 1. The molecule has 4 N–H and O–H groups in total. The number of benzene rings is 2. The highest BCUT2D eigenvalue weighted by Gasteiger charge is 2.30. The highest BCUT2D eigenvalue weighted by atomic mass is 19.4. The Labute approximate surface area is 170 Å². The fourth-order valence-electron chi connectivity index (χ4n) is 3.04. The van der Waals surface area contributed by atoms with E-state index in [4.69, 9.17) is 5.11 Å². The number of H-pyrrole nitrogens is 1. The second-order valence-corrected chi connectivity index (χ2v) is 6.61. The summed E-state index contributed by atoms with van der Waals surface area (Å²) in [4.78, 5) is 37.3. The zero-order valence-corrected chi connectivity index (χ0v) is 15.5. The highest BCUT2D eigenvalue weighted by Crippen LogP contribution is 2.31. The number of nitrogens with one attached hydrogen (secondary N) is 2. The summed E-state index contributed by atoms with van der Waals surface area (Å²) in [5.74, 6) is -4.23. The number of rotatable bonds is 5. The molecule has 1 aromatic heterocycles. The van der Waals surface area contributed by atoms with Gasteiger partial charge >= 0.3 is 12.1 Å². The maximum absolute atomic E-state index is 14.2. The molecule has 0 saturated heterocycles. The number of aromatic nitrogens is 1. The number of fused-ring (bicyclic) bond motifs is 1. The quantitative estimate of drug-likeness (QED) is 0.457. The molecule has 1 heterocycles. The van der Waals surface area contributed by atoms with Crippen LogP contribution in [0.3, 0.4) is 0 Å². The Morgan fingerprint density at radius 1 is 1.10 bits per heavy atom. The third-order valence-corrected chi connectivity index (χ3v) is 4.45. The van der Waals surface area contributed by atoms with Gasteiger partial charge in [0.25, 0.3) is 11.5 Å². The molecule has 0 aliphatic heterocycles. The lowest BCUT2D eigenvalue weighted by molar-refractivity contribution is -0.138. The number of aromatic amines is 1. The number of aromatic hydroxyl groups is 1. The average Bonchev–Trinajstić information content (AvgIpc) is 2.67. The number of hydrogen-bond acceptors (Lipinski definition) is 4. The monoisotopic (exact) mass is 438 g/mol. The van der Waals surface area contributed by atoms with E-state index >= 15 is 0 Å². The van der Waals surface area contributed by atoms with Gasteiger partial charge in [0, 0.05) is 5.39 Å². The number of pyridine rings is 1. The van der Waals surface area contributed by atoms with Crippen LogP contribution >= 0.6 is 0 Å². The number of halogens is 4. The molecular weight excluding hydrogens is 424 g/mol. The lowest BCUT2D eigenvalue weighted by atomic mass is 9.99. The number of hydrogen-bond donors (Lipinski definition) is 4. The zero-order valence-electron chi connectivity index (χ0n) is 15.5. The SMILES string of the molecule is O=C(O)CNC(=O)c1c(O)c2cc(F)cc(Cc3ccc(C(F)(F)F)cc3)c2[nH]c1=O. The van der Waals surface area contributed by atoms with Crippen LogP contribution < -0.4 is 10.9 Å². The normalized spacial score (nSPS) is 11.5. The van der Waals surface area contributed by atoms with Gasteiger partial charge in [-0.3, -0.25) is 14.4 Å². The summed E-state index contributed by atoms with van der Waals surface area (Å²) < 4.78 is 52.3. The first-order chi connectivity index (χ1) is 14.5. The van der Waals surface area contributed by atoms with Gasteiger partial charge < -0.3 is 20.5 Å². The summed E-state index contributed by atoms with van der Waals surface area (Å²) in [6.07, 6.45) is -4.59. The predicted molar refractivity (Wildman–Crippen MR) is 100 cm³/mol. The summed E-state index contributed by atoms with van der Waals surface area (Å²) in [5.41, 5.74) is -2.18. The Hall–Kier alpha value is -3.89. The van der Waals surface area contributed by atoms with Crippen molar-refractivity contribution in [2.45, 2.75) is 12.6 Å². The van der Waals surface area contributed by atoms with Gasteiger partial charge in [-0.15, -0.1) is 0 Å². The van der Waals surface area contributed by atoms with Gasteiger partial charge in [-0.2, -0.15) is 13.2 Å². The largest absolute Gasteiger partial charge is 0.506 e. The lowest BCUT2D eigenvalue weighted by Crippen LogP contribution is -2.33. The van der Waals surface area contributed by atoms with Crippen molar-refractivity contribution in [1.29, 1.82) is 0 Å². The first-order valence-electron chi connectivity index (χ1n) is 8.71. The van der Waals surface area contributed by atoms with Crippen LogP contribution in [0.15, 0.2) is 41.2 Å². The highest BCUT2D eigenvalue weighted by molar-refractivity contribution is 6.03. The lowest BCUT2D eigenvalue weighted by Gasteiger charge is -2.12. The van der Waals surface area contributed by atoms with E-state index in [0.717, 1.165) is 24.3 Å². The Morgan fingerprint density at radius 3 is 2.32 bits per heavy atom. The Balaban J connectivity index is 2.05. The number of carbonyl (C=O) groups is 2. The fourth-order valence-corrected chi connectivity index (χ4v) is 3.04. The first kappa shape index (κ1) is 21.8. The molecule has 3 aromatic rings. The standard InChI is InChI=1S/C20H14F4N2O5/c21-12-6-10(5-9-1-3-11(4-2-9)20(22,23)24)16-13(7-12)17(29)15(19(31)26-16)18(30)25-8-14(27)28/h1-4,6-7H,5,8H2,(H,25,30)(H,27,28)(H2,26,29,31). The van der Waals surface area contributed by atoms with E-state index in [1.165, 1.54) is 12.1 Å². The van der Waals surface area contributed by atoms with Crippen molar-refractivity contribution in [2.24, 2.45) is 0 Å². The summed E-state index contributed by atoms with van der Waals surface area (Å²) in [5, 5.41) is 20.7. The van der Waals surface area contributed by atoms with Gasteiger partial charge in [-0.05, 0) is 41.8 Å². The van der Waals surface area contributed by atoms with Gasteiger partial charge in [-0.25, -0.2) is 4.39 Å². The van der Waals surface area contributed by atoms with Crippen LogP contribution in [0.5, 0.6) is 5.75 Å². The van der Waals surface area contributed by atoms with Gasteiger partial charge in [0.05, 0.1) is 11.1 Å². The van der Waals surface area contributed by atoms with E-state index in [1.54, 1.807) is 0 Å². The van der Waals surface area contributed by atoms with Crippen molar-refractivity contribution in [2.75, 3.05) is 6.54 Å². The predicted octanol–water partition coefficient (Wildman–Crippen LogP) is 2.80. The smallest absolute Gasteiger partial charge is 0.416 e. The number of amides is 1. The maximum atomic E-state index is 14.2. The van der Waals surface area contributed by atoms with E-state index < -0.39 is 52.9 Å². The molecule has 2 aromatic carbocycles. The second kappa shape index (κ2) is 8.09. The van der Waals surface area contributed by atoms with Crippen molar-refractivity contribution >= 4 is 22.8 Å².